The molecule has 0 aliphatic carbocycles. The number of hydrogen-bond donors (Lipinski definition) is 1. The summed E-state index contributed by atoms with van der Waals surface area (Å²) in [4.78, 5) is 12.7. The number of nitrogens with one attached hydrogen (secondary N) is 1. The molecular formula is C19H20N2O2. The second-order valence-corrected chi connectivity index (χ2v) is 5.45. The van der Waals surface area contributed by atoms with Crippen LogP contribution in [0.15, 0.2) is 48.5 Å². The van der Waals surface area contributed by atoms with E-state index in [0.717, 1.165) is 34.3 Å². The van der Waals surface area contributed by atoms with Crippen molar-refractivity contribution in [1.82, 2.24) is 4.57 Å². The summed E-state index contributed by atoms with van der Waals surface area (Å²) in [6.07, 6.45) is 0.874. The largest absolute Gasteiger partial charge is 0.496 e. The molecule has 4 heteroatoms. The van der Waals surface area contributed by atoms with Crippen LogP contribution in [0.1, 0.15) is 23.0 Å². The van der Waals surface area contributed by atoms with Crippen LogP contribution < -0.4 is 10.1 Å². The van der Waals surface area contributed by atoms with Crippen molar-refractivity contribution >= 4 is 22.5 Å². The van der Waals surface area contributed by atoms with Crippen molar-refractivity contribution in [2.45, 2.75) is 13.3 Å². The summed E-state index contributed by atoms with van der Waals surface area (Å²) in [6.45, 7) is 2.08. The minimum atomic E-state index is -0.119. The number of para-hydroxylation sites is 1. The van der Waals surface area contributed by atoms with Crippen molar-refractivity contribution in [1.29, 1.82) is 0 Å². The highest BCUT2D eigenvalue weighted by molar-refractivity contribution is 6.07. The smallest absolute Gasteiger partial charge is 0.272 e. The number of rotatable bonds is 4. The van der Waals surface area contributed by atoms with E-state index < -0.39 is 0 Å². The third-order valence-corrected chi connectivity index (χ3v) is 4.15. The van der Waals surface area contributed by atoms with Crippen LogP contribution in [0.5, 0.6) is 5.75 Å². The normalized spacial score (nSPS) is 10.7. The van der Waals surface area contributed by atoms with E-state index >= 15 is 0 Å². The van der Waals surface area contributed by atoms with Crippen molar-refractivity contribution in [3.05, 3.63) is 59.8 Å². The van der Waals surface area contributed by atoms with Crippen LogP contribution in [-0.2, 0) is 13.5 Å². The average molecular weight is 308 g/mol. The number of aryl methyl sites for hydroxylation is 2. The third-order valence-electron chi connectivity index (χ3n) is 4.15. The summed E-state index contributed by atoms with van der Waals surface area (Å²) in [5.41, 5.74) is 3.56. The summed E-state index contributed by atoms with van der Waals surface area (Å²) in [5, 5.41) is 3.95. The van der Waals surface area contributed by atoms with E-state index in [9.17, 15) is 4.79 Å². The molecule has 4 nitrogen and oxygen atoms in total. The SMILES string of the molecule is CCc1ccccc1NC(=O)c1cc2c(OC)cccc2n1C. The number of amides is 1. The Hall–Kier alpha value is -2.75. The monoisotopic (exact) mass is 308 g/mol. The molecule has 0 spiro atoms. The van der Waals surface area contributed by atoms with Crippen LogP contribution in [0.3, 0.4) is 0 Å². The number of fused-ring (bicyclic) bond motifs is 1. The summed E-state index contributed by atoms with van der Waals surface area (Å²) in [7, 11) is 3.53. The lowest BCUT2D eigenvalue weighted by molar-refractivity contribution is 0.101. The van der Waals surface area contributed by atoms with E-state index in [4.69, 9.17) is 4.74 Å². The molecule has 0 aliphatic heterocycles. The summed E-state index contributed by atoms with van der Waals surface area (Å²) in [5.74, 6) is 0.651. The first-order valence-corrected chi connectivity index (χ1v) is 7.67. The first-order valence-electron chi connectivity index (χ1n) is 7.67. The van der Waals surface area contributed by atoms with Crippen molar-refractivity contribution in [2.24, 2.45) is 7.05 Å². The van der Waals surface area contributed by atoms with Gasteiger partial charge in [-0.15, -0.1) is 0 Å². The van der Waals surface area contributed by atoms with Gasteiger partial charge in [0.2, 0.25) is 0 Å². The Labute approximate surface area is 135 Å². The van der Waals surface area contributed by atoms with Gasteiger partial charge in [-0.05, 0) is 36.2 Å². The molecule has 2 aromatic carbocycles. The quantitative estimate of drug-likeness (QED) is 0.791. The lowest BCUT2D eigenvalue weighted by Crippen LogP contribution is -2.16. The zero-order valence-corrected chi connectivity index (χ0v) is 13.6. The molecule has 3 rings (SSSR count). The van der Waals surface area contributed by atoms with E-state index in [-0.39, 0.29) is 5.91 Å². The van der Waals surface area contributed by atoms with E-state index in [0.29, 0.717) is 5.69 Å². The van der Waals surface area contributed by atoms with E-state index in [1.807, 2.05) is 60.1 Å². The molecule has 0 aliphatic rings. The van der Waals surface area contributed by atoms with Gasteiger partial charge >= 0.3 is 0 Å². The van der Waals surface area contributed by atoms with E-state index in [2.05, 4.69) is 12.2 Å². The van der Waals surface area contributed by atoms with Gasteiger partial charge in [-0.25, -0.2) is 0 Å². The highest BCUT2D eigenvalue weighted by atomic mass is 16.5. The van der Waals surface area contributed by atoms with Gasteiger partial charge in [0.05, 0.1) is 12.6 Å². The maximum absolute atomic E-state index is 12.7. The topological polar surface area (TPSA) is 43.3 Å². The Kier molecular flexibility index (Phi) is 4.06. The van der Waals surface area contributed by atoms with Gasteiger partial charge in [0, 0.05) is 18.1 Å². The Bertz CT molecular complexity index is 865. The second kappa shape index (κ2) is 6.16. The maximum Gasteiger partial charge on any atom is 0.272 e. The second-order valence-electron chi connectivity index (χ2n) is 5.45. The van der Waals surface area contributed by atoms with Crippen LogP contribution in [-0.4, -0.2) is 17.6 Å². The first kappa shape index (κ1) is 15.2. The van der Waals surface area contributed by atoms with Crippen molar-refractivity contribution < 1.29 is 9.53 Å². The fourth-order valence-corrected chi connectivity index (χ4v) is 2.87. The van der Waals surface area contributed by atoms with Gasteiger partial charge in [-0.1, -0.05) is 31.2 Å². The van der Waals surface area contributed by atoms with Crippen molar-refractivity contribution in [3.8, 4) is 5.75 Å². The lowest BCUT2D eigenvalue weighted by atomic mass is 10.1. The molecule has 1 amide bonds. The molecule has 1 N–H and O–H groups in total. The zero-order chi connectivity index (χ0) is 16.4. The van der Waals surface area contributed by atoms with Crippen LogP contribution in [0.4, 0.5) is 5.69 Å². The molecule has 0 saturated carbocycles. The number of carbonyl (C=O) groups is 1. The summed E-state index contributed by atoms with van der Waals surface area (Å²) < 4.78 is 7.28. The molecule has 0 atom stereocenters. The predicted molar refractivity (Wildman–Crippen MR) is 93.2 cm³/mol. The fourth-order valence-electron chi connectivity index (χ4n) is 2.87. The van der Waals surface area contributed by atoms with E-state index in [1.54, 1.807) is 7.11 Å². The van der Waals surface area contributed by atoms with Crippen molar-refractivity contribution in [3.63, 3.8) is 0 Å². The number of aromatic nitrogens is 1. The molecule has 118 valence electrons. The minimum absolute atomic E-state index is 0.119. The molecular weight excluding hydrogens is 288 g/mol. The van der Waals surface area contributed by atoms with Gasteiger partial charge in [0.15, 0.2) is 0 Å². The molecule has 0 bridgehead atoms. The Morgan fingerprint density at radius 1 is 1.17 bits per heavy atom. The predicted octanol–water partition coefficient (Wildman–Crippen LogP) is 4.00. The lowest BCUT2D eigenvalue weighted by Gasteiger charge is -2.10. The summed E-state index contributed by atoms with van der Waals surface area (Å²) >= 11 is 0. The number of hydrogen-bond acceptors (Lipinski definition) is 2. The molecule has 3 aromatic rings. The van der Waals surface area contributed by atoms with E-state index in [1.165, 1.54) is 0 Å². The number of carbonyl (C=O) groups excluding carboxylic acids is 1. The number of ether oxygens (including phenoxy) is 1. The molecule has 0 unspecified atom stereocenters. The van der Waals surface area contributed by atoms with Gasteiger partial charge < -0.3 is 14.6 Å². The van der Waals surface area contributed by atoms with Gasteiger partial charge in [-0.3, -0.25) is 4.79 Å². The first-order chi connectivity index (χ1) is 11.2. The Morgan fingerprint density at radius 2 is 1.96 bits per heavy atom. The average Bonchev–Trinajstić information content (AvgIpc) is 2.92. The number of methoxy groups -OCH3 is 1. The third kappa shape index (κ3) is 2.68. The Balaban J connectivity index is 2.00. The standard InChI is InChI=1S/C19H20N2O2/c1-4-13-8-5-6-9-15(13)20-19(22)17-12-14-16(21(17)2)10-7-11-18(14)23-3/h5-12H,4H2,1-3H3,(H,20,22). The molecule has 0 fully saturated rings. The highest BCUT2D eigenvalue weighted by Crippen LogP contribution is 2.28. The summed E-state index contributed by atoms with van der Waals surface area (Å²) in [6, 6.07) is 15.5. The molecule has 1 heterocycles. The maximum atomic E-state index is 12.7. The Morgan fingerprint density at radius 3 is 2.70 bits per heavy atom. The van der Waals surface area contributed by atoms with Gasteiger partial charge in [0.1, 0.15) is 11.4 Å². The van der Waals surface area contributed by atoms with Gasteiger partial charge in [-0.2, -0.15) is 0 Å². The minimum Gasteiger partial charge on any atom is -0.496 e. The molecule has 0 saturated heterocycles. The van der Waals surface area contributed by atoms with Crippen molar-refractivity contribution in [2.75, 3.05) is 12.4 Å². The van der Waals surface area contributed by atoms with Crippen LogP contribution >= 0.6 is 0 Å². The zero-order valence-electron chi connectivity index (χ0n) is 13.6. The fraction of sp³-hybridized carbons (Fsp3) is 0.211. The molecule has 1 aromatic heterocycles. The number of nitrogens with zero attached hydrogens (tertiary/aromatic N) is 1. The van der Waals surface area contributed by atoms with Crippen LogP contribution in [0.2, 0.25) is 0 Å². The highest BCUT2D eigenvalue weighted by Gasteiger charge is 2.16. The number of benzene rings is 2. The van der Waals surface area contributed by atoms with Crippen LogP contribution in [0, 0.1) is 0 Å². The van der Waals surface area contributed by atoms with Gasteiger partial charge in [0.25, 0.3) is 5.91 Å². The molecule has 0 radical (unpaired) electrons. The molecule has 23 heavy (non-hydrogen) atoms. The van der Waals surface area contributed by atoms with Crippen LogP contribution in [0.25, 0.3) is 10.9 Å². The number of anilines is 1.